The number of carbonyl (C=O) groups is 3. The summed E-state index contributed by atoms with van der Waals surface area (Å²) < 4.78 is 22.9. The number of aromatic nitrogens is 1. The Morgan fingerprint density at radius 2 is 1.93 bits per heavy atom. The molecule has 1 N–H and O–H groups in total. The van der Waals surface area contributed by atoms with Crippen LogP contribution in [0, 0.1) is 18.7 Å². The van der Waals surface area contributed by atoms with E-state index in [1.165, 1.54) is 24.3 Å². The number of ether oxygens (including phenoxy) is 1. The summed E-state index contributed by atoms with van der Waals surface area (Å²) in [5, 5.41) is 6.09. The van der Waals surface area contributed by atoms with Crippen LogP contribution in [-0.2, 0) is 14.3 Å². The van der Waals surface area contributed by atoms with Crippen molar-refractivity contribution in [1.29, 1.82) is 0 Å². The number of benzene rings is 1. The van der Waals surface area contributed by atoms with Crippen molar-refractivity contribution in [1.82, 2.24) is 10.1 Å². The van der Waals surface area contributed by atoms with Crippen LogP contribution in [0.5, 0.6) is 0 Å². The Kier molecular flexibility index (Phi) is 6.03. The highest BCUT2D eigenvalue weighted by molar-refractivity contribution is 5.94. The maximum atomic E-state index is 13.0. The predicted octanol–water partition coefficient (Wildman–Crippen LogP) is 2.16. The van der Waals surface area contributed by atoms with Crippen molar-refractivity contribution >= 4 is 23.6 Å². The molecule has 1 saturated heterocycles. The van der Waals surface area contributed by atoms with E-state index >= 15 is 0 Å². The van der Waals surface area contributed by atoms with E-state index in [4.69, 9.17) is 9.26 Å². The van der Waals surface area contributed by atoms with Gasteiger partial charge in [0.25, 0.3) is 11.8 Å². The van der Waals surface area contributed by atoms with Crippen LogP contribution < -0.4 is 5.32 Å². The SMILES string of the molecule is Cc1cc(NC(=O)COC(=O)C2CCN(C(=O)c3ccc(F)cc3)CC2)no1. The number of aryl methyl sites for hydroxylation is 1. The first-order chi connectivity index (χ1) is 13.4. The smallest absolute Gasteiger partial charge is 0.309 e. The molecule has 28 heavy (non-hydrogen) atoms. The lowest BCUT2D eigenvalue weighted by atomic mass is 9.96. The summed E-state index contributed by atoms with van der Waals surface area (Å²) in [5.41, 5.74) is 0.405. The number of anilines is 1. The molecule has 2 amide bonds. The second kappa shape index (κ2) is 8.64. The molecule has 148 valence electrons. The van der Waals surface area contributed by atoms with Crippen LogP contribution in [0.25, 0.3) is 0 Å². The zero-order chi connectivity index (χ0) is 20.1. The Bertz CT molecular complexity index is 857. The van der Waals surface area contributed by atoms with Crippen molar-refractivity contribution in [3.05, 3.63) is 47.5 Å². The molecule has 3 rings (SSSR count). The second-order valence-electron chi connectivity index (χ2n) is 6.55. The minimum absolute atomic E-state index is 0.200. The molecular formula is C19H20FN3O5. The summed E-state index contributed by atoms with van der Waals surface area (Å²) in [6.07, 6.45) is 0.881. The summed E-state index contributed by atoms with van der Waals surface area (Å²) in [7, 11) is 0. The summed E-state index contributed by atoms with van der Waals surface area (Å²) in [4.78, 5) is 38.0. The van der Waals surface area contributed by atoms with Gasteiger partial charge in [0.05, 0.1) is 5.92 Å². The summed E-state index contributed by atoms with van der Waals surface area (Å²) >= 11 is 0. The Labute approximate surface area is 160 Å². The molecule has 1 fully saturated rings. The van der Waals surface area contributed by atoms with Gasteiger partial charge >= 0.3 is 5.97 Å². The van der Waals surface area contributed by atoms with E-state index in [2.05, 4.69) is 10.5 Å². The molecule has 1 aliphatic rings. The molecule has 2 aromatic rings. The van der Waals surface area contributed by atoms with Crippen molar-refractivity contribution in [2.45, 2.75) is 19.8 Å². The molecule has 8 nitrogen and oxygen atoms in total. The standard InChI is InChI=1S/C19H20FN3O5/c1-12-10-16(22-28-12)21-17(24)11-27-19(26)14-6-8-23(9-7-14)18(25)13-2-4-15(20)5-3-13/h2-5,10,14H,6-9,11H2,1H3,(H,21,22,24). The third-order valence-corrected chi connectivity index (χ3v) is 4.45. The number of hydrogen-bond donors (Lipinski definition) is 1. The zero-order valence-electron chi connectivity index (χ0n) is 15.3. The Morgan fingerprint density at radius 3 is 2.54 bits per heavy atom. The van der Waals surface area contributed by atoms with Crippen LogP contribution in [0.4, 0.5) is 10.2 Å². The highest BCUT2D eigenvalue weighted by Crippen LogP contribution is 2.20. The van der Waals surface area contributed by atoms with E-state index in [1.54, 1.807) is 17.9 Å². The number of esters is 1. The molecule has 1 aromatic heterocycles. The van der Waals surface area contributed by atoms with Gasteiger partial charge in [-0.3, -0.25) is 14.4 Å². The fraction of sp³-hybridized carbons (Fsp3) is 0.368. The van der Waals surface area contributed by atoms with Crippen LogP contribution >= 0.6 is 0 Å². The van der Waals surface area contributed by atoms with Crippen molar-refractivity contribution in [3.8, 4) is 0 Å². The monoisotopic (exact) mass is 389 g/mol. The lowest BCUT2D eigenvalue weighted by molar-refractivity contribution is -0.152. The number of nitrogens with zero attached hydrogens (tertiary/aromatic N) is 2. The third-order valence-electron chi connectivity index (χ3n) is 4.45. The first kappa shape index (κ1) is 19.5. The van der Waals surface area contributed by atoms with E-state index < -0.39 is 24.3 Å². The normalized spacial score (nSPS) is 14.6. The minimum atomic E-state index is -0.509. The molecule has 2 heterocycles. The molecule has 1 aliphatic heterocycles. The molecule has 0 unspecified atom stereocenters. The van der Waals surface area contributed by atoms with Gasteiger partial charge in [0.2, 0.25) is 0 Å². The van der Waals surface area contributed by atoms with E-state index in [0.29, 0.717) is 37.3 Å². The maximum Gasteiger partial charge on any atom is 0.309 e. The number of halogens is 1. The molecule has 0 aliphatic carbocycles. The number of amides is 2. The fourth-order valence-corrected chi connectivity index (χ4v) is 2.95. The third kappa shape index (κ3) is 4.93. The molecule has 0 spiro atoms. The van der Waals surface area contributed by atoms with Gasteiger partial charge in [-0.25, -0.2) is 4.39 Å². The van der Waals surface area contributed by atoms with E-state index in [1.807, 2.05) is 0 Å². The van der Waals surface area contributed by atoms with Gasteiger partial charge < -0.3 is 19.5 Å². The molecule has 0 radical (unpaired) electrons. The zero-order valence-corrected chi connectivity index (χ0v) is 15.3. The molecule has 0 bridgehead atoms. The average molecular weight is 389 g/mol. The van der Waals surface area contributed by atoms with Gasteiger partial charge in [-0.1, -0.05) is 5.16 Å². The second-order valence-corrected chi connectivity index (χ2v) is 6.55. The highest BCUT2D eigenvalue weighted by Gasteiger charge is 2.29. The van der Waals surface area contributed by atoms with Crippen LogP contribution in [0.2, 0.25) is 0 Å². The van der Waals surface area contributed by atoms with Crippen molar-refractivity contribution < 1.29 is 28.0 Å². The number of nitrogens with one attached hydrogen (secondary N) is 1. The number of hydrogen-bond acceptors (Lipinski definition) is 6. The Balaban J connectivity index is 1.42. The summed E-state index contributed by atoms with van der Waals surface area (Å²) in [5.74, 6) is -1.15. The topological polar surface area (TPSA) is 102 Å². The molecule has 0 saturated carbocycles. The van der Waals surface area contributed by atoms with Crippen LogP contribution in [0.15, 0.2) is 34.9 Å². The molecule has 9 heteroatoms. The molecule has 1 aromatic carbocycles. The van der Waals surface area contributed by atoms with Crippen molar-refractivity contribution in [2.24, 2.45) is 5.92 Å². The summed E-state index contributed by atoms with van der Waals surface area (Å²) in [6.45, 7) is 2.05. The molecular weight excluding hydrogens is 369 g/mol. The van der Waals surface area contributed by atoms with Crippen LogP contribution in [0.1, 0.15) is 29.0 Å². The van der Waals surface area contributed by atoms with Gasteiger partial charge in [-0.2, -0.15) is 0 Å². The van der Waals surface area contributed by atoms with Gasteiger partial charge in [0, 0.05) is 24.7 Å². The van der Waals surface area contributed by atoms with Crippen molar-refractivity contribution in [3.63, 3.8) is 0 Å². The fourth-order valence-electron chi connectivity index (χ4n) is 2.95. The van der Waals surface area contributed by atoms with E-state index in [0.717, 1.165) is 0 Å². The Hall–Kier alpha value is -3.23. The first-order valence-electron chi connectivity index (χ1n) is 8.87. The number of rotatable bonds is 5. The van der Waals surface area contributed by atoms with Crippen LogP contribution in [-0.4, -0.2) is 47.5 Å². The minimum Gasteiger partial charge on any atom is -0.455 e. The lowest BCUT2D eigenvalue weighted by Crippen LogP contribution is -2.41. The van der Waals surface area contributed by atoms with Crippen molar-refractivity contribution in [2.75, 3.05) is 25.0 Å². The van der Waals surface area contributed by atoms with E-state index in [9.17, 15) is 18.8 Å². The van der Waals surface area contributed by atoms with Gasteiger partial charge in [-0.15, -0.1) is 0 Å². The van der Waals surface area contributed by atoms with Gasteiger partial charge in [-0.05, 0) is 44.0 Å². The number of likely N-dealkylation sites (tertiary alicyclic amines) is 1. The predicted molar refractivity (Wildman–Crippen MR) is 95.9 cm³/mol. The van der Waals surface area contributed by atoms with Gasteiger partial charge in [0.1, 0.15) is 11.6 Å². The van der Waals surface area contributed by atoms with Crippen LogP contribution in [0.3, 0.4) is 0 Å². The number of piperidine rings is 1. The maximum absolute atomic E-state index is 13.0. The van der Waals surface area contributed by atoms with E-state index in [-0.39, 0.29) is 17.6 Å². The Morgan fingerprint density at radius 1 is 1.25 bits per heavy atom. The quantitative estimate of drug-likeness (QED) is 0.787. The summed E-state index contributed by atoms with van der Waals surface area (Å²) in [6, 6.07) is 6.90. The number of carbonyl (C=O) groups excluding carboxylic acids is 3. The highest BCUT2D eigenvalue weighted by atomic mass is 19.1. The lowest BCUT2D eigenvalue weighted by Gasteiger charge is -2.31. The average Bonchev–Trinajstić information content (AvgIpc) is 3.11. The first-order valence-corrected chi connectivity index (χ1v) is 8.87. The largest absolute Gasteiger partial charge is 0.455 e. The van der Waals surface area contributed by atoms with Gasteiger partial charge in [0.15, 0.2) is 12.4 Å². The molecule has 0 atom stereocenters.